The molecule has 1 aromatic carbocycles. The smallest absolute Gasteiger partial charge is 0.399 e. The third-order valence-electron chi connectivity index (χ3n) is 6.40. The molecule has 3 nitrogen and oxygen atoms in total. The number of hydrogen-bond acceptors (Lipinski definition) is 3. The molecule has 24 heavy (non-hydrogen) atoms. The van der Waals surface area contributed by atoms with E-state index in [0.717, 1.165) is 36.7 Å². The van der Waals surface area contributed by atoms with Crippen LogP contribution in [-0.2, 0) is 14.9 Å². The van der Waals surface area contributed by atoms with Gasteiger partial charge in [0, 0.05) is 0 Å². The fourth-order valence-electron chi connectivity index (χ4n) is 3.56. The largest absolute Gasteiger partial charge is 0.494 e. The van der Waals surface area contributed by atoms with Gasteiger partial charge in [0.1, 0.15) is 0 Å². The third kappa shape index (κ3) is 3.16. The molecule has 3 rings (SSSR count). The molecule has 4 heteroatoms. The lowest BCUT2D eigenvalue weighted by Gasteiger charge is -2.40. The van der Waals surface area contributed by atoms with Crippen molar-refractivity contribution in [3.05, 3.63) is 29.8 Å². The van der Waals surface area contributed by atoms with Crippen molar-refractivity contribution >= 4 is 12.6 Å². The van der Waals surface area contributed by atoms with E-state index in [1.165, 1.54) is 0 Å². The molecule has 1 heterocycles. The van der Waals surface area contributed by atoms with E-state index >= 15 is 0 Å². The summed E-state index contributed by atoms with van der Waals surface area (Å²) in [5.74, 6) is 0. The van der Waals surface area contributed by atoms with Crippen LogP contribution in [0.15, 0.2) is 24.3 Å². The zero-order valence-electron chi connectivity index (χ0n) is 16.0. The van der Waals surface area contributed by atoms with Crippen molar-refractivity contribution in [3.63, 3.8) is 0 Å². The van der Waals surface area contributed by atoms with Crippen LogP contribution in [0.5, 0.6) is 0 Å². The second kappa shape index (κ2) is 5.58. The maximum Gasteiger partial charge on any atom is 0.494 e. The van der Waals surface area contributed by atoms with Crippen LogP contribution in [0.2, 0.25) is 0 Å². The van der Waals surface area contributed by atoms with Crippen molar-refractivity contribution < 1.29 is 14.4 Å². The van der Waals surface area contributed by atoms with E-state index in [2.05, 4.69) is 41.5 Å². The molecule has 0 spiro atoms. The standard InChI is InChI=1S/C20H31BO3/c1-17(2)11-13-20(22,14-12-17)15-7-9-16(10-8-15)21-23-18(3,4)19(5,6)24-21/h7-10,22H,11-14H2,1-6H3. The lowest BCUT2D eigenvalue weighted by molar-refractivity contribution is -0.0305. The Balaban J connectivity index is 1.75. The third-order valence-corrected chi connectivity index (χ3v) is 6.40. The fourth-order valence-corrected chi connectivity index (χ4v) is 3.56. The van der Waals surface area contributed by atoms with E-state index in [9.17, 15) is 5.11 Å². The molecule has 2 aliphatic rings. The Morgan fingerprint density at radius 2 is 1.25 bits per heavy atom. The van der Waals surface area contributed by atoms with Crippen molar-refractivity contribution in [1.29, 1.82) is 0 Å². The van der Waals surface area contributed by atoms with Crippen LogP contribution >= 0.6 is 0 Å². The summed E-state index contributed by atoms with van der Waals surface area (Å²) in [6.45, 7) is 12.8. The minimum Gasteiger partial charge on any atom is -0.399 e. The van der Waals surface area contributed by atoms with Gasteiger partial charge in [-0.15, -0.1) is 0 Å². The van der Waals surface area contributed by atoms with Gasteiger partial charge in [0.25, 0.3) is 0 Å². The predicted octanol–water partition coefficient (Wildman–Crippen LogP) is 3.77. The summed E-state index contributed by atoms with van der Waals surface area (Å²) in [7, 11) is -0.344. The van der Waals surface area contributed by atoms with Gasteiger partial charge in [0.15, 0.2) is 0 Å². The molecule has 0 aromatic heterocycles. The van der Waals surface area contributed by atoms with Gasteiger partial charge >= 0.3 is 7.12 Å². The molecule has 2 fully saturated rings. The quantitative estimate of drug-likeness (QED) is 0.839. The van der Waals surface area contributed by atoms with Gasteiger partial charge in [-0.3, -0.25) is 0 Å². The van der Waals surface area contributed by atoms with Crippen LogP contribution < -0.4 is 5.46 Å². The normalized spacial score (nSPS) is 27.2. The summed E-state index contributed by atoms with van der Waals surface area (Å²) < 4.78 is 12.2. The topological polar surface area (TPSA) is 38.7 Å². The summed E-state index contributed by atoms with van der Waals surface area (Å²) >= 11 is 0. The molecule has 132 valence electrons. The molecular weight excluding hydrogens is 299 g/mol. The molecule has 1 aliphatic heterocycles. The first-order chi connectivity index (χ1) is 10.9. The van der Waals surface area contributed by atoms with E-state index in [1.807, 2.05) is 24.3 Å². The minimum atomic E-state index is -0.690. The molecule has 0 bridgehead atoms. The Kier molecular flexibility index (Phi) is 4.18. The highest BCUT2D eigenvalue weighted by atomic mass is 16.7. The lowest BCUT2D eigenvalue weighted by Crippen LogP contribution is -2.41. The first-order valence-corrected chi connectivity index (χ1v) is 9.13. The van der Waals surface area contributed by atoms with Crippen molar-refractivity contribution in [1.82, 2.24) is 0 Å². The molecule has 0 unspecified atom stereocenters. The van der Waals surface area contributed by atoms with Crippen molar-refractivity contribution in [2.45, 2.75) is 84.0 Å². The van der Waals surface area contributed by atoms with E-state index in [1.54, 1.807) is 0 Å². The highest BCUT2D eigenvalue weighted by Gasteiger charge is 2.51. The van der Waals surface area contributed by atoms with E-state index in [4.69, 9.17) is 9.31 Å². The maximum atomic E-state index is 11.0. The summed E-state index contributed by atoms with van der Waals surface area (Å²) in [4.78, 5) is 0. The monoisotopic (exact) mass is 330 g/mol. The van der Waals surface area contributed by atoms with Crippen LogP contribution in [0.4, 0.5) is 0 Å². The molecular formula is C20H31BO3. The summed E-state index contributed by atoms with van der Waals surface area (Å²) in [5.41, 5.74) is 1.02. The second-order valence-electron chi connectivity index (χ2n) is 9.41. The van der Waals surface area contributed by atoms with Crippen LogP contribution in [0.1, 0.15) is 72.8 Å². The van der Waals surface area contributed by atoms with Crippen molar-refractivity contribution in [2.75, 3.05) is 0 Å². The van der Waals surface area contributed by atoms with Crippen LogP contribution in [0, 0.1) is 5.41 Å². The van der Waals surface area contributed by atoms with Gasteiger partial charge in [-0.25, -0.2) is 0 Å². The zero-order chi connectivity index (χ0) is 17.8. The number of benzene rings is 1. The maximum absolute atomic E-state index is 11.0. The Morgan fingerprint density at radius 1 is 0.792 bits per heavy atom. The molecule has 0 radical (unpaired) electrons. The molecule has 0 amide bonds. The van der Waals surface area contributed by atoms with Crippen molar-refractivity contribution in [3.8, 4) is 0 Å². The number of aliphatic hydroxyl groups is 1. The Hall–Kier alpha value is -0.835. The van der Waals surface area contributed by atoms with E-state index < -0.39 is 5.60 Å². The van der Waals surface area contributed by atoms with Gasteiger partial charge in [0.2, 0.25) is 0 Å². The zero-order valence-corrected chi connectivity index (χ0v) is 16.0. The second-order valence-corrected chi connectivity index (χ2v) is 9.41. The van der Waals surface area contributed by atoms with Gasteiger partial charge in [-0.1, -0.05) is 38.1 Å². The summed E-state index contributed by atoms with van der Waals surface area (Å²) in [5, 5.41) is 11.0. The van der Waals surface area contributed by atoms with Crippen LogP contribution in [-0.4, -0.2) is 23.4 Å². The number of hydrogen-bond donors (Lipinski definition) is 1. The fraction of sp³-hybridized carbons (Fsp3) is 0.700. The van der Waals surface area contributed by atoms with Gasteiger partial charge in [0.05, 0.1) is 16.8 Å². The summed E-state index contributed by atoms with van der Waals surface area (Å²) in [6, 6.07) is 8.15. The average Bonchev–Trinajstić information content (AvgIpc) is 2.71. The Labute approximate surface area is 146 Å². The van der Waals surface area contributed by atoms with E-state index in [0.29, 0.717) is 5.41 Å². The Bertz CT molecular complexity index is 578. The first-order valence-electron chi connectivity index (χ1n) is 9.13. The lowest BCUT2D eigenvalue weighted by atomic mass is 9.68. The predicted molar refractivity (Wildman–Crippen MR) is 98.3 cm³/mol. The molecule has 1 aromatic rings. The number of rotatable bonds is 2. The van der Waals surface area contributed by atoms with Crippen molar-refractivity contribution in [2.24, 2.45) is 5.41 Å². The van der Waals surface area contributed by atoms with E-state index in [-0.39, 0.29) is 18.3 Å². The van der Waals surface area contributed by atoms with Gasteiger partial charge in [-0.05, 0) is 69.8 Å². The van der Waals surface area contributed by atoms with Crippen LogP contribution in [0.3, 0.4) is 0 Å². The summed E-state index contributed by atoms with van der Waals surface area (Å²) in [6.07, 6.45) is 3.77. The molecule has 1 N–H and O–H groups in total. The molecule has 0 atom stereocenters. The minimum absolute atomic E-state index is 0.330. The van der Waals surface area contributed by atoms with Gasteiger partial charge in [-0.2, -0.15) is 0 Å². The molecule has 1 saturated heterocycles. The molecule has 1 aliphatic carbocycles. The van der Waals surface area contributed by atoms with Gasteiger partial charge < -0.3 is 14.4 Å². The highest BCUT2D eigenvalue weighted by molar-refractivity contribution is 6.62. The first kappa shape index (κ1) is 18.0. The average molecular weight is 330 g/mol. The molecule has 1 saturated carbocycles. The highest BCUT2D eigenvalue weighted by Crippen LogP contribution is 2.45. The van der Waals surface area contributed by atoms with Crippen LogP contribution in [0.25, 0.3) is 0 Å². The Morgan fingerprint density at radius 3 is 1.71 bits per heavy atom. The SMILES string of the molecule is CC1(C)CCC(O)(c2ccc(B3OC(C)(C)C(C)(C)O3)cc2)CC1.